The molecular formula is C15H27NO2S. The number of carbonyl (C=O) groups is 1. The van der Waals surface area contributed by atoms with E-state index in [9.17, 15) is 9.90 Å². The zero-order valence-electron chi connectivity index (χ0n) is 12.2. The van der Waals surface area contributed by atoms with Crippen molar-refractivity contribution in [3.8, 4) is 0 Å². The fourth-order valence-electron chi connectivity index (χ4n) is 3.53. The largest absolute Gasteiger partial charge is 0.480 e. The van der Waals surface area contributed by atoms with E-state index in [1.54, 1.807) is 0 Å². The standard InChI is InChI=1S/C15H27NO2S/c1-11(2)16-15(14(17)18)9-8-13(10-15)19-12-6-4-3-5-7-12/h11-13,16H,3-10H2,1-2H3,(H,17,18). The Morgan fingerprint density at radius 2 is 1.89 bits per heavy atom. The van der Waals surface area contributed by atoms with Crippen LogP contribution in [0.5, 0.6) is 0 Å². The number of carboxylic acids is 1. The van der Waals surface area contributed by atoms with Crippen molar-refractivity contribution in [3.63, 3.8) is 0 Å². The zero-order chi connectivity index (χ0) is 13.9. The van der Waals surface area contributed by atoms with Gasteiger partial charge in [0.05, 0.1) is 0 Å². The highest BCUT2D eigenvalue weighted by atomic mass is 32.2. The molecule has 110 valence electrons. The van der Waals surface area contributed by atoms with Crippen molar-refractivity contribution in [2.24, 2.45) is 0 Å². The second kappa shape index (κ2) is 6.49. The molecule has 0 aliphatic heterocycles. The van der Waals surface area contributed by atoms with E-state index in [1.807, 2.05) is 13.8 Å². The van der Waals surface area contributed by atoms with Crippen LogP contribution in [0.2, 0.25) is 0 Å². The Bertz CT molecular complexity index is 315. The fraction of sp³-hybridized carbons (Fsp3) is 0.933. The highest BCUT2D eigenvalue weighted by Crippen LogP contribution is 2.42. The van der Waals surface area contributed by atoms with Gasteiger partial charge in [0, 0.05) is 16.5 Å². The maximum atomic E-state index is 11.6. The van der Waals surface area contributed by atoms with Crippen molar-refractivity contribution in [2.75, 3.05) is 0 Å². The molecule has 2 atom stereocenters. The Morgan fingerprint density at radius 1 is 1.21 bits per heavy atom. The summed E-state index contributed by atoms with van der Waals surface area (Å²) in [6, 6.07) is 0.231. The lowest BCUT2D eigenvalue weighted by Crippen LogP contribution is -2.53. The molecule has 0 heterocycles. The molecule has 0 aromatic rings. The molecule has 2 fully saturated rings. The van der Waals surface area contributed by atoms with Crippen LogP contribution >= 0.6 is 11.8 Å². The third-order valence-electron chi connectivity index (χ3n) is 4.38. The highest BCUT2D eigenvalue weighted by molar-refractivity contribution is 8.00. The van der Waals surface area contributed by atoms with Crippen molar-refractivity contribution < 1.29 is 9.90 Å². The van der Waals surface area contributed by atoms with Gasteiger partial charge >= 0.3 is 5.97 Å². The Labute approximate surface area is 120 Å². The zero-order valence-corrected chi connectivity index (χ0v) is 13.0. The van der Waals surface area contributed by atoms with Crippen LogP contribution in [0.3, 0.4) is 0 Å². The van der Waals surface area contributed by atoms with Crippen LogP contribution < -0.4 is 5.32 Å². The summed E-state index contributed by atoms with van der Waals surface area (Å²) in [6.45, 7) is 4.07. The molecule has 0 bridgehead atoms. The lowest BCUT2D eigenvalue weighted by atomic mass is 9.97. The molecule has 0 spiro atoms. The first kappa shape index (κ1) is 15.2. The molecule has 3 nitrogen and oxygen atoms in total. The summed E-state index contributed by atoms with van der Waals surface area (Å²) in [5, 5.41) is 14.2. The van der Waals surface area contributed by atoms with Crippen molar-refractivity contribution in [2.45, 2.75) is 87.3 Å². The molecule has 2 saturated carbocycles. The van der Waals surface area contributed by atoms with E-state index in [0.29, 0.717) is 5.25 Å². The lowest BCUT2D eigenvalue weighted by molar-refractivity contribution is -0.145. The van der Waals surface area contributed by atoms with E-state index in [2.05, 4.69) is 17.1 Å². The lowest BCUT2D eigenvalue weighted by Gasteiger charge is -2.29. The first-order valence-corrected chi connectivity index (χ1v) is 8.63. The normalized spacial score (nSPS) is 32.9. The number of carboxylic acid groups (broad SMARTS) is 1. The monoisotopic (exact) mass is 285 g/mol. The Kier molecular flexibility index (Phi) is 5.18. The van der Waals surface area contributed by atoms with Gasteiger partial charge in [-0.1, -0.05) is 19.3 Å². The number of hydrogen-bond acceptors (Lipinski definition) is 3. The molecule has 2 N–H and O–H groups in total. The van der Waals surface area contributed by atoms with E-state index in [1.165, 1.54) is 32.1 Å². The minimum Gasteiger partial charge on any atom is -0.480 e. The van der Waals surface area contributed by atoms with Crippen molar-refractivity contribution in [3.05, 3.63) is 0 Å². The average Bonchev–Trinajstić information content (AvgIpc) is 2.74. The summed E-state index contributed by atoms with van der Waals surface area (Å²) >= 11 is 2.07. The predicted octanol–water partition coefficient (Wildman–Crippen LogP) is 3.43. The summed E-state index contributed by atoms with van der Waals surface area (Å²) in [5.74, 6) is -0.659. The second-order valence-electron chi connectivity index (χ2n) is 6.45. The molecule has 2 rings (SSSR count). The van der Waals surface area contributed by atoms with E-state index < -0.39 is 11.5 Å². The van der Waals surface area contributed by atoms with Crippen LogP contribution in [0.4, 0.5) is 0 Å². The maximum Gasteiger partial charge on any atom is 0.323 e. The number of rotatable bonds is 5. The third kappa shape index (κ3) is 3.88. The van der Waals surface area contributed by atoms with Gasteiger partial charge in [-0.05, 0) is 46.0 Å². The minimum atomic E-state index is -0.666. The molecular weight excluding hydrogens is 258 g/mol. The predicted molar refractivity (Wildman–Crippen MR) is 80.7 cm³/mol. The average molecular weight is 285 g/mol. The second-order valence-corrected chi connectivity index (χ2v) is 8.05. The number of thioether (sulfide) groups is 1. The molecule has 2 aliphatic carbocycles. The first-order valence-electron chi connectivity index (χ1n) is 7.68. The van der Waals surface area contributed by atoms with Gasteiger partial charge in [0.2, 0.25) is 0 Å². The van der Waals surface area contributed by atoms with Crippen LogP contribution in [-0.4, -0.2) is 33.2 Å². The molecule has 0 aromatic carbocycles. The van der Waals surface area contributed by atoms with E-state index in [-0.39, 0.29) is 6.04 Å². The third-order valence-corrected chi connectivity index (χ3v) is 6.02. The van der Waals surface area contributed by atoms with Crippen LogP contribution in [0.15, 0.2) is 0 Å². The van der Waals surface area contributed by atoms with Gasteiger partial charge < -0.3 is 5.11 Å². The molecule has 2 unspecified atom stereocenters. The molecule has 0 aromatic heterocycles. The summed E-state index contributed by atoms with van der Waals surface area (Å²) in [4.78, 5) is 11.6. The van der Waals surface area contributed by atoms with Crippen molar-refractivity contribution >= 4 is 17.7 Å². The van der Waals surface area contributed by atoms with E-state index >= 15 is 0 Å². The smallest absolute Gasteiger partial charge is 0.323 e. The van der Waals surface area contributed by atoms with Crippen LogP contribution in [0.25, 0.3) is 0 Å². The van der Waals surface area contributed by atoms with Crippen molar-refractivity contribution in [1.82, 2.24) is 5.32 Å². The van der Waals surface area contributed by atoms with Gasteiger partial charge in [0.25, 0.3) is 0 Å². The van der Waals surface area contributed by atoms with Crippen LogP contribution in [-0.2, 0) is 4.79 Å². The molecule has 0 amide bonds. The molecule has 2 aliphatic rings. The van der Waals surface area contributed by atoms with E-state index in [0.717, 1.165) is 24.5 Å². The quantitative estimate of drug-likeness (QED) is 0.812. The maximum absolute atomic E-state index is 11.6. The van der Waals surface area contributed by atoms with Crippen LogP contribution in [0, 0.1) is 0 Å². The number of nitrogens with one attached hydrogen (secondary N) is 1. The van der Waals surface area contributed by atoms with Crippen molar-refractivity contribution in [1.29, 1.82) is 0 Å². The molecule has 0 saturated heterocycles. The van der Waals surface area contributed by atoms with Gasteiger partial charge in [-0.25, -0.2) is 0 Å². The Morgan fingerprint density at radius 3 is 2.47 bits per heavy atom. The molecule has 19 heavy (non-hydrogen) atoms. The Balaban J connectivity index is 1.90. The van der Waals surface area contributed by atoms with Gasteiger partial charge in [0.1, 0.15) is 5.54 Å². The van der Waals surface area contributed by atoms with Gasteiger partial charge in [-0.15, -0.1) is 0 Å². The van der Waals surface area contributed by atoms with Crippen LogP contribution in [0.1, 0.15) is 65.2 Å². The summed E-state index contributed by atoms with van der Waals surface area (Å²) in [5.41, 5.74) is -0.666. The summed E-state index contributed by atoms with van der Waals surface area (Å²) in [6.07, 6.45) is 9.39. The number of hydrogen-bond donors (Lipinski definition) is 2. The number of aliphatic carboxylic acids is 1. The molecule has 4 heteroatoms. The summed E-state index contributed by atoms with van der Waals surface area (Å²) < 4.78 is 0. The first-order chi connectivity index (χ1) is 9.02. The SMILES string of the molecule is CC(C)NC1(C(=O)O)CCC(SC2CCCCC2)C1. The minimum absolute atomic E-state index is 0.231. The summed E-state index contributed by atoms with van der Waals surface area (Å²) in [7, 11) is 0. The topological polar surface area (TPSA) is 49.3 Å². The van der Waals surface area contributed by atoms with Gasteiger partial charge in [0.15, 0.2) is 0 Å². The van der Waals surface area contributed by atoms with Gasteiger partial charge in [-0.3, -0.25) is 10.1 Å². The highest BCUT2D eigenvalue weighted by Gasteiger charge is 2.46. The molecule has 0 radical (unpaired) electrons. The fourth-order valence-corrected chi connectivity index (χ4v) is 5.31. The Hall–Kier alpha value is -0.220. The van der Waals surface area contributed by atoms with E-state index in [4.69, 9.17) is 0 Å². The van der Waals surface area contributed by atoms with Gasteiger partial charge in [-0.2, -0.15) is 11.8 Å².